The number of sulfonamides is 1. The standard InChI is InChI=1S/C14H27N3O2S/c18-20(19,10-5-12-1-6-15-7-2-12)16-14-11-17-8-3-13(14)4-9-17/h12-16H,1-11H2. The van der Waals surface area contributed by atoms with Crippen molar-refractivity contribution in [2.45, 2.75) is 38.1 Å². The highest BCUT2D eigenvalue weighted by Gasteiger charge is 2.36. The van der Waals surface area contributed by atoms with Gasteiger partial charge in [0.05, 0.1) is 5.75 Å². The van der Waals surface area contributed by atoms with Crippen LogP contribution in [-0.2, 0) is 10.0 Å². The molecule has 0 radical (unpaired) electrons. The second kappa shape index (κ2) is 6.30. The minimum Gasteiger partial charge on any atom is -0.317 e. The van der Waals surface area contributed by atoms with E-state index >= 15 is 0 Å². The Kier molecular flexibility index (Phi) is 4.65. The Bertz CT molecular complexity index is 412. The molecule has 4 saturated heterocycles. The fourth-order valence-corrected chi connectivity index (χ4v) is 5.37. The van der Waals surface area contributed by atoms with E-state index in [9.17, 15) is 8.42 Å². The summed E-state index contributed by atoms with van der Waals surface area (Å²) in [6.45, 7) is 5.29. The molecule has 0 amide bonds. The molecule has 4 fully saturated rings. The number of hydrogen-bond donors (Lipinski definition) is 2. The first-order valence-corrected chi connectivity index (χ1v) is 9.71. The van der Waals surface area contributed by atoms with Crippen LogP contribution < -0.4 is 10.0 Å². The predicted molar refractivity (Wildman–Crippen MR) is 80.1 cm³/mol. The summed E-state index contributed by atoms with van der Waals surface area (Å²) in [6, 6.07) is 0.163. The topological polar surface area (TPSA) is 61.4 Å². The summed E-state index contributed by atoms with van der Waals surface area (Å²) in [5.41, 5.74) is 0. The predicted octanol–water partition coefficient (Wildman–Crippen LogP) is 0.390. The summed E-state index contributed by atoms with van der Waals surface area (Å²) in [5.74, 6) is 1.45. The quantitative estimate of drug-likeness (QED) is 0.771. The molecule has 4 aliphatic heterocycles. The number of nitrogens with one attached hydrogen (secondary N) is 2. The van der Waals surface area contributed by atoms with Crippen LogP contribution in [0, 0.1) is 11.8 Å². The van der Waals surface area contributed by atoms with E-state index in [4.69, 9.17) is 0 Å². The van der Waals surface area contributed by atoms with Gasteiger partial charge in [-0.05, 0) is 70.1 Å². The van der Waals surface area contributed by atoms with Crippen LogP contribution in [-0.4, -0.2) is 57.8 Å². The lowest BCUT2D eigenvalue weighted by Crippen LogP contribution is -2.57. The molecule has 0 aromatic rings. The Balaban J connectivity index is 1.48. The van der Waals surface area contributed by atoms with E-state index in [1.165, 1.54) is 0 Å². The van der Waals surface area contributed by atoms with Crippen molar-refractivity contribution < 1.29 is 8.42 Å². The lowest BCUT2D eigenvalue weighted by Gasteiger charge is -2.44. The SMILES string of the molecule is O=S(=O)(CCC1CCNCC1)NC1CN2CCC1CC2. The molecule has 0 aromatic heterocycles. The number of piperidine rings is 4. The molecule has 4 aliphatic rings. The van der Waals surface area contributed by atoms with Gasteiger partial charge >= 0.3 is 0 Å². The fraction of sp³-hybridized carbons (Fsp3) is 1.00. The molecule has 1 unspecified atom stereocenters. The zero-order valence-corrected chi connectivity index (χ0v) is 13.0. The number of nitrogens with zero attached hydrogens (tertiary/aromatic N) is 1. The van der Waals surface area contributed by atoms with Gasteiger partial charge in [0.2, 0.25) is 10.0 Å². The summed E-state index contributed by atoms with van der Waals surface area (Å²) in [7, 11) is -3.10. The Labute approximate surface area is 122 Å². The summed E-state index contributed by atoms with van der Waals surface area (Å²) in [5, 5.41) is 3.33. The minimum atomic E-state index is -3.10. The molecule has 0 saturated carbocycles. The van der Waals surface area contributed by atoms with Gasteiger partial charge in [-0.2, -0.15) is 0 Å². The molecule has 20 heavy (non-hydrogen) atoms. The van der Waals surface area contributed by atoms with Gasteiger partial charge in [-0.25, -0.2) is 13.1 Å². The van der Waals surface area contributed by atoms with Crippen LogP contribution in [0.1, 0.15) is 32.1 Å². The third-order valence-electron chi connectivity index (χ3n) is 5.24. The maximum Gasteiger partial charge on any atom is 0.211 e. The molecule has 2 bridgehead atoms. The van der Waals surface area contributed by atoms with Crippen molar-refractivity contribution in [3.8, 4) is 0 Å². The molecule has 0 aromatic carbocycles. The Hall–Kier alpha value is -0.170. The van der Waals surface area contributed by atoms with Crippen LogP contribution >= 0.6 is 0 Å². The lowest BCUT2D eigenvalue weighted by molar-refractivity contribution is 0.0827. The third-order valence-corrected chi connectivity index (χ3v) is 6.68. The van der Waals surface area contributed by atoms with Crippen molar-refractivity contribution in [3.05, 3.63) is 0 Å². The summed E-state index contributed by atoms with van der Waals surface area (Å²) in [6.07, 6.45) is 5.37. The average molecular weight is 301 g/mol. The van der Waals surface area contributed by atoms with Crippen molar-refractivity contribution in [3.63, 3.8) is 0 Å². The largest absolute Gasteiger partial charge is 0.317 e. The molecule has 4 rings (SSSR count). The second-order valence-corrected chi connectivity index (χ2v) is 8.54. The minimum absolute atomic E-state index is 0.163. The van der Waals surface area contributed by atoms with E-state index in [-0.39, 0.29) is 6.04 Å². The van der Waals surface area contributed by atoms with Crippen molar-refractivity contribution in [2.24, 2.45) is 11.8 Å². The monoisotopic (exact) mass is 301 g/mol. The molecule has 0 aliphatic carbocycles. The van der Waals surface area contributed by atoms with E-state index in [0.29, 0.717) is 17.6 Å². The molecular formula is C14H27N3O2S. The van der Waals surface area contributed by atoms with Crippen molar-refractivity contribution in [1.29, 1.82) is 0 Å². The highest BCUT2D eigenvalue weighted by Crippen LogP contribution is 2.28. The van der Waals surface area contributed by atoms with Crippen LogP contribution in [0.15, 0.2) is 0 Å². The first kappa shape index (κ1) is 14.8. The van der Waals surface area contributed by atoms with Crippen LogP contribution in [0.5, 0.6) is 0 Å². The van der Waals surface area contributed by atoms with Crippen LogP contribution in [0.3, 0.4) is 0 Å². The van der Waals surface area contributed by atoms with E-state index in [0.717, 1.165) is 64.8 Å². The number of rotatable bonds is 5. The highest BCUT2D eigenvalue weighted by atomic mass is 32.2. The molecule has 5 nitrogen and oxygen atoms in total. The van der Waals surface area contributed by atoms with Crippen LogP contribution in [0.25, 0.3) is 0 Å². The van der Waals surface area contributed by atoms with Gasteiger partial charge in [-0.15, -0.1) is 0 Å². The Morgan fingerprint density at radius 2 is 1.80 bits per heavy atom. The molecule has 6 heteroatoms. The Morgan fingerprint density at radius 3 is 2.40 bits per heavy atom. The summed E-state index contributed by atoms with van der Waals surface area (Å²) in [4.78, 5) is 2.39. The smallest absolute Gasteiger partial charge is 0.211 e. The summed E-state index contributed by atoms with van der Waals surface area (Å²) < 4.78 is 27.5. The van der Waals surface area contributed by atoms with Gasteiger partial charge in [0.1, 0.15) is 0 Å². The second-order valence-electron chi connectivity index (χ2n) is 6.66. The Morgan fingerprint density at radius 1 is 1.10 bits per heavy atom. The van der Waals surface area contributed by atoms with Gasteiger partial charge in [0, 0.05) is 12.6 Å². The third kappa shape index (κ3) is 3.72. The number of hydrogen-bond acceptors (Lipinski definition) is 4. The molecule has 0 spiro atoms. The van der Waals surface area contributed by atoms with Gasteiger partial charge in [-0.3, -0.25) is 0 Å². The lowest BCUT2D eigenvalue weighted by atomic mass is 9.85. The zero-order chi connectivity index (χ0) is 14.0. The van der Waals surface area contributed by atoms with Gasteiger partial charge < -0.3 is 10.2 Å². The van der Waals surface area contributed by atoms with Gasteiger partial charge in [-0.1, -0.05) is 0 Å². The maximum atomic E-state index is 12.3. The van der Waals surface area contributed by atoms with E-state index < -0.39 is 10.0 Å². The molecule has 116 valence electrons. The highest BCUT2D eigenvalue weighted by molar-refractivity contribution is 7.89. The average Bonchev–Trinajstić information content (AvgIpc) is 2.47. The zero-order valence-electron chi connectivity index (χ0n) is 12.2. The molecule has 2 N–H and O–H groups in total. The first-order chi connectivity index (χ1) is 9.62. The first-order valence-electron chi connectivity index (χ1n) is 8.05. The normalized spacial score (nSPS) is 35.3. The van der Waals surface area contributed by atoms with Crippen molar-refractivity contribution in [1.82, 2.24) is 14.9 Å². The van der Waals surface area contributed by atoms with E-state index in [1.54, 1.807) is 0 Å². The molecule has 4 heterocycles. The fourth-order valence-electron chi connectivity index (χ4n) is 3.88. The van der Waals surface area contributed by atoms with E-state index in [1.807, 2.05) is 0 Å². The van der Waals surface area contributed by atoms with Crippen LogP contribution in [0.4, 0.5) is 0 Å². The van der Waals surface area contributed by atoms with Gasteiger partial charge in [0.15, 0.2) is 0 Å². The summed E-state index contributed by atoms with van der Waals surface area (Å²) >= 11 is 0. The maximum absolute atomic E-state index is 12.3. The van der Waals surface area contributed by atoms with Crippen LogP contribution in [0.2, 0.25) is 0 Å². The van der Waals surface area contributed by atoms with Crippen molar-refractivity contribution >= 4 is 10.0 Å². The number of fused-ring (bicyclic) bond motifs is 3. The molecule has 1 atom stereocenters. The van der Waals surface area contributed by atoms with Gasteiger partial charge in [0.25, 0.3) is 0 Å². The van der Waals surface area contributed by atoms with Crippen molar-refractivity contribution in [2.75, 3.05) is 38.5 Å². The molecular weight excluding hydrogens is 274 g/mol. The van der Waals surface area contributed by atoms with E-state index in [2.05, 4.69) is 14.9 Å².